The van der Waals surface area contributed by atoms with Crippen molar-refractivity contribution in [3.8, 4) is 5.75 Å². The maximum Gasteiger partial charge on any atom is 0.251 e. The van der Waals surface area contributed by atoms with Gasteiger partial charge < -0.3 is 26.8 Å². The number of ether oxygens (including phenoxy) is 1. The minimum atomic E-state index is -0.769. The first-order valence-electron chi connectivity index (χ1n) is 10.3. The number of carbonyl (C=O) groups excluding carboxylic acids is 2. The van der Waals surface area contributed by atoms with Gasteiger partial charge in [0.1, 0.15) is 11.8 Å². The molecule has 33 heavy (non-hydrogen) atoms. The molecule has 0 spiro atoms. The fraction of sp³-hybridized carbons (Fsp3) is 0.208. The largest absolute Gasteiger partial charge is 0.496 e. The highest BCUT2D eigenvalue weighted by atomic mass is 35.5. The molecule has 3 aromatic rings. The fourth-order valence-corrected chi connectivity index (χ4v) is 3.35. The van der Waals surface area contributed by atoms with Crippen LogP contribution in [0.2, 0.25) is 0 Å². The SMILES string of the molecule is COc1cc(NC(=O)[C@H](CCCN=C(N)N)NC(=O)c2ccccc2)cc2ccccc12.Cl. The minimum absolute atomic E-state index is 0. The Morgan fingerprint density at radius 1 is 1.03 bits per heavy atom. The molecule has 0 heterocycles. The van der Waals surface area contributed by atoms with Crippen molar-refractivity contribution in [1.82, 2.24) is 5.32 Å². The number of amides is 2. The number of methoxy groups -OCH3 is 1. The van der Waals surface area contributed by atoms with Gasteiger partial charge in [0, 0.05) is 29.2 Å². The van der Waals surface area contributed by atoms with Crippen LogP contribution in [0.3, 0.4) is 0 Å². The van der Waals surface area contributed by atoms with Crippen molar-refractivity contribution in [2.24, 2.45) is 16.5 Å². The van der Waals surface area contributed by atoms with E-state index in [-0.39, 0.29) is 30.2 Å². The van der Waals surface area contributed by atoms with Crippen molar-refractivity contribution < 1.29 is 14.3 Å². The van der Waals surface area contributed by atoms with E-state index in [2.05, 4.69) is 15.6 Å². The molecule has 1 atom stereocenters. The zero-order chi connectivity index (χ0) is 22.9. The summed E-state index contributed by atoms with van der Waals surface area (Å²) in [6.45, 7) is 0.358. The molecule has 0 unspecified atom stereocenters. The first-order chi connectivity index (χ1) is 15.5. The molecule has 0 radical (unpaired) electrons. The van der Waals surface area contributed by atoms with Gasteiger partial charge in [0.15, 0.2) is 5.96 Å². The third kappa shape index (κ3) is 7.11. The summed E-state index contributed by atoms with van der Waals surface area (Å²) in [4.78, 5) is 29.7. The molecular formula is C24H28ClN5O3. The Morgan fingerprint density at radius 3 is 2.42 bits per heavy atom. The molecule has 8 nitrogen and oxygen atoms in total. The van der Waals surface area contributed by atoms with Gasteiger partial charge in [0.25, 0.3) is 5.91 Å². The van der Waals surface area contributed by atoms with Crippen molar-refractivity contribution in [2.75, 3.05) is 19.0 Å². The van der Waals surface area contributed by atoms with Crippen LogP contribution >= 0.6 is 12.4 Å². The second kappa shape index (κ2) is 12.3. The molecule has 0 saturated heterocycles. The monoisotopic (exact) mass is 469 g/mol. The molecule has 6 N–H and O–H groups in total. The van der Waals surface area contributed by atoms with Crippen molar-refractivity contribution in [2.45, 2.75) is 18.9 Å². The number of halogens is 1. The van der Waals surface area contributed by atoms with Gasteiger partial charge in [-0.2, -0.15) is 0 Å². The molecule has 0 aliphatic heterocycles. The Labute approximate surface area is 198 Å². The highest BCUT2D eigenvalue weighted by molar-refractivity contribution is 6.02. The number of carbonyl (C=O) groups is 2. The second-order valence-electron chi connectivity index (χ2n) is 7.23. The Morgan fingerprint density at radius 2 is 1.73 bits per heavy atom. The Bertz CT molecular complexity index is 1120. The van der Waals surface area contributed by atoms with Crippen LogP contribution in [0.25, 0.3) is 10.8 Å². The van der Waals surface area contributed by atoms with E-state index in [0.717, 1.165) is 10.8 Å². The Balaban J connectivity index is 0.00000385. The average molecular weight is 470 g/mol. The van der Waals surface area contributed by atoms with Crippen molar-refractivity contribution in [3.05, 3.63) is 72.3 Å². The molecule has 0 aliphatic rings. The lowest BCUT2D eigenvalue weighted by Crippen LogP contribution is -2.44. The van der Waals surface area contributed by atoms with E-state index < -0.39 is 6.04 Å². The number of nitrogens with zero attached hydrogens (tertiary/aromatic N) is 1. The highest BCUT2D eigenvalue weighted by Gasteiger charge is 2.22. The summed E-state index contributed by atoms with van der Waals surface area (Å²) >= 11 is 0. The van der Waals surface area contributed by atoms with E-state index in [1.54, 1.807) is 37.4 Å². The van der Waals surface area contributed by atoms with Gasteiger partial charge >= 0.3 is 0 Å². The maximum atomic E-state index is 13.1. The van der Waals surface area contributed by atoms with E-state index in [0.29, 0.717) is 36.4 Å². The van der Waals surface area contributed by atoms with Crippen molar-refractivity contribution >= 4 is 46.6 Å². The van der Waals surface area contributed by atoms with E-state index in [1.807, 2.05) is 36.4 Å². The zero-order valence-electron chi connectivity index (χ0n) is 18.3. The minimum Gasteiger partial charge on any atom is -0.496 e. The van der Waals surface area contributed by atoms with Crippen LogP contribution < -0.4 is 26.8 Å². The average Bonchev–Trinajstić information content (AvgIpc) is 2.80. The molecule has 0 saturated carbocycles. The highest BCUT2D eigenvalue weighted by Crippen LogP contribution is 2.29. The van der Waals surface area contributed by atoms with Crippen LogP contribution in [0.15, 0.2) is 71.7 Å². The molecule has 0 aromatic heterocycles. The zero-order valence-corrected chi connectivity index (χ0v) is 19.1. The lowest BCUT2D eigenvalue weighted by Gasteiger charge is -2.19. The number of nitrogens with one attached hydrogen (secondary N) is 2. The Hall–Kier alpha value is -3.78. The van der Waals surface area contributed by atoms with Crippen molar-refractivity contribution in [1.29, 1.82) is 0 Å². The molecule has 0 aliphatic carbocycles. The summed E-state index contributed by atoms with van der Waals surface area (Å²) in [7, 11) is 1.58. The Kier molecular flexibility index (Phi) is 9.50. The van der Waals surface area contributed by atoms with Gasteiger partial charge in [0.05, 0.1) is 7.11 Å². The second-order valence-corrected chi connectivity index (χ2v) is 7.23. The normalized spacial score (nSPS) is 11.1. The third-order valence-electron chi connectivity index (χ3n) is 4.91. The lowest BCUT2D eigenvalue weighted by atomic mass is 10.1. The lowest BCUT2D eigenvalue weighted by molar-refractivity contribution is -0.118. The van der Waals surface area contributed by atoms with Gasteiger partial charge in [-0.15, -0.1) is 12.4 Å². The smallest absolute Gasteiger partial charge is 0.251 e. The molecular weight excluding hydrogens is 442 g/mol. The standard InChI is InChI=1S/C24H27N5O3.ClH/c1-32-21-15-18(14-17-10-5-6-11-19(17)21)28-23(31)20(12-7-13-27-24(25)26)29-22(30)16-8-3-2-4-9-16;/h2-6,8-11,14-15,20H,7,12-13H2,1H3,(H,28,31)(H,29,30)(H4,25,26,27);1H/t20-;/m0./s1. The number of nitrogens with two attached hydrogens (primary N) is 2. The van der Waals surface area contributed by atoms with E-state index >= 15 is 0 Å². The molecule has 2 amide bonds. The number of guanidine groups is 1. The van der Waals surface area contributed by atoms with E-state index in [1.165, 1.54) is 0 Å². The third-order valence-corrected chi connectivity index (χ3v) is 4.91. The summed E-state index contributed by atoms with van der Waals surface area (Å²) in [6.07, 6.45) is 0.887. The van der Waals surface area contributed by atoms with Crippen LogP contribution in [0.5, 0.6) is 5.75 Å². The number of fused-ring (bicyclic) bond motifs is 1. The molecule has 0 fully saturated rings. The van der Waals surface area contributed by atoms with E-state index in [9.17, 15) is 9.59 Å². The van der Waals surface area contributed by atoms with Crippen LogP contribution in [-0.2, 0) is 4.79 Å². The number of hydrogen-bond acceptors (Lipinski definition) is 4. The molecule has 9 heteroatoms. The van der Waals surface area contributed by atoms with Gasteiger partial charge in [-0.05, 0) is 36.4 Å². The van der Waals surface area contributed by atoms with Gasteiger partial charge in [-0.3, -0.25) is 14.6 Å². The van der Waals surface area contributed by atoms with Crippen LogP contribution in [0, 0.1) is 0 Å². The number of anilines is 1. The van der Waals surface area contributed by atoms with Gasteiger partial charge in [-0.25, -0.2) is 0 Å². The molecule has 3 aromatic carbocycles. The summed E-state index contributed by atoms with van der Waals surface area (Å²) in [6, 6.07) is 19.3. The maximum absolute atomic E-state index is 13.1. The van der Waals surface area contributed by atoms with Crippen LogP contribution in [0.4, 0.5) is 5.69 Å². The van der Waals surface area contributed by atoms with Crippen LogP contribution in [0.1, 0.15) is 23.2 Å². The number of benzene rings is 3. The first kappa shape index (κ1) is 25.5. The predicted molar refractivity (Wildman–Crippen MR) is 134 cm³/mol. The van der Waals surface area contributed by atoms with Gasteiger partial charge in [0.2, 0.25) is 5.91 Å². The molecule has 3 rings (SSSR count). The topological polar surface area (TPSA) is 132 Å². The van der Waals surface area contributed by atoms with E-state index in [4.69, 9.17) is 16.2 Å². The predicted octanol–water partition coefficient (Wildman–Crippen LogP) is 3.06. The fourth-order valence-electron chi connectivity index (χ4n) is 3.35. The van der Waals surface area contributed by atoms with Crippen LogP contribution in [-0.4, -0.2) is 37.5 Å². The summed E-state index contributed by atoms with van der Waals surface area (Å²) in [5.74, 6) is -0.0291. The summed E-state index contributed by atoms with van der Waals surface area (Å²) in [5, 5.41) is 7.58. The van der Waals surface area contributed by atoms with Gasteiger partial charge in [-0.1, -0.05) is 42.5 Å². The number of aliphatic imine (C=N–C) groups is 1. The van der Waals surface area contributed by atoms with Crippen molar-refractivity contribution in [3.63, 3.8) is 0 Å². The number of rotatable bonds is 9. The molecule has 0 bridgehead atoms. The summed E-state index contributed by atoms with van der Waals surface area (Å²) in [5.41, 5.74) is 11.8. The quantitative estimate of drug-likeness (QED) is 0.217. The summed E-state index contributed by atoms with van der Waals surface area (Å²) < 4.78 is 5.47. The number of hydrogen-bond donors (Lipinski definition) is 4. The first-order valence-corrected chi connectivity index (χ1v) is 10.3. The molecule has 174 valence electrons.